The number of hydrogen-bond donors (Lipinski definition) is 0. The minimum Gasteiger partial charge on any atom is -0.493 e. The highest BCUT2D eigenvalue weighted by molar-refractivity contribution is 9.13. The van der Waals surface area contributed by atoms with Crippen molar-refractivity contribution in [3.8, 4) is 11.5 Å². The molecule has 0 N–H and O–H groups in total. The van der Waals surface area contributed by atoms with Crippen molar-refractivity contribution in [3.63, 3.8) is 0 Å². The van der Waals surface area contributed by atoms with Gasteiger partial charge in [-0.1, -0.05) is 29.8 Å². The van der Waals surface area contributed by atoms with E-state index in [-0.39, 0.29) is 18.1 Å². The Hall–Kier alpha value is -2.24. The highest BCUT2D eigenvalue weighted by atomic mass is 79.9. The number of aromatic nitrogens is 2. The first-order chi connectivity index (χ1) is 17.1. The van der Waals surface area contributed by atoms with E-state index in [0.29, 0.717) is 42.7 Å². The standard InChI is InChI=1S/C25H26Br3N3O5/c1-6-13(3)23-30-18-9-8-16(26)11-17(18)24(32)31(23)29-12-15-10-19(34-5)22(21(28)20(15)27)36-14(4)25(33)35-7-2/h8-14H,6-7H2,1-5H3/t13-,14+/m1/s1. The molecule has 192 valence electrons. The molecule has 0 radical (unpaired) electrons. The van der Waals surface area contributed by atoms with Crippen molar-refractivity contribution in [1.82, 2.24) is 9.66 Å². The average molecular weight is 688 g/mol. The Labute approximate surface area is 234 Å². The number of rotatable bonds is 9. The molecule has 0 fully saturated rings. The van der Waals surface area contributed by atoms with Crippen molar-refractivity contribution in [2.24, 2.45) is 5.10 Å². The summed E-state index contributed by atoms with van der Waals surface area (Å²) in [6.45, 7) is 7.62. The van der Waals surface area contributed by atoms with Crippen LogP contribution in [0, 0.1) is 0 Å². The first kappa shape index (κ1) is 28.3. The summed E-state index contributed by atoms with van der Waals surface area (Å²) < 4.78 is 19.6. The summed E-state index contributed by atoms with van der Waals surface area (Å²) in [7, 11) is 1.50. The molecule has 0 unspecified atom stereocenters. The van der Waals surface area contributed by atoms with E-state index in [9.17, 15) is 9.59 Å². The zero-order valence-corrected chi connectivity index (χ0v) is 25.2. The summed E-state index contributed by atoms with van der Waals surface area (Å²) in [5.74, 6) is 0.793. The summed E-state index contributed by atoms with van der Waals surface area (Å²) in [5.41, 5.74) is 0.970. The summed E-state index contributed by atoms with van der Waals surface area (Å²) in [6, 6.07) is 7.11. The topological polar surface area (TPSA) is 92.0 Å². The second-order valence-electron chi connectivity index (χ2n) is 7.94. The Morgan fingerprint density at radius 2 is 1.89 bits per heavy atom. The smallest absolute Gasteiger partial charge is 0.347 e. The number of fused-ring (bicyclic) bond motifs is 1. The third kappa shape index (κ3) is 6.00. The summed E-state index contributed by atoms with van der Waals surface area (Å²) in [5, 5.41) is 4.99. The molecule has 1 heterocycles. The van der Waals surface area contributed by atoms with Crippen LogP contribution in [0.5, 0.6) is 11.5 Å². The van der Waals surface area contributed by atoms with Crippen LogP contribution in [0.3, 0.4) is 0 Å². The molecular weight excluding hydrogens is 662 g/mol. The van der Waals surface area contributed by atoms with Crippen molar-refractivity contribution >= 4 is 70.9 Å². The number of nitrogens with zero attached hydrogens (tertiary/aromatic N) is 3. The van der Waals surface area contributed by atoms with E-state index in [2.05, 4.69) is 52.9 Å². The second kappa shape index (κ2) is 12.3. The third-order valence-electron chi connectivity index (χ3n) is 5.49. The first-order valence-electron chi connectivity index (χ1n) is 11.3. The van der Waals surface area contributed by atoms with Gasteiger partial charge in [-0.25, -0.2) is 9.78 Å². The summed E-state index contributed by atoms with van der Waals surface area (Å²) in [4.78, 5) is 30.2. The van der Waals surface area contributed by atoms with E-state index >= 15 is 0 Å². The number of hydrogen-bond acceptors (Lipinski definition) is 7. The minimum atomic E-state index is -0.846. The molecule has 11 heteroatoms. The van der Waals surface area contributed by atoms with Crippen LogP contribution in [0.4, 0.5) is 0 Å². The molecule has 0 aliphatic carbocycles. The lowest BCUT2D eigenvalue weighted by molar-refractivity contribution is -0.150. The predicted octanol–water partition coefficient (Wildman–Crippen LogP) is 6.42. The van der Waals surface area contributed by atoms with Gasteiger partial charge in [-0.3, -0.25) is 4.79 Å². The van der Waals surface area contributed by atoms with Gasteiger partial charge in [0.2, 0.25) is 0 Å². The van der Waals surface area contributed by atoms with Gasteiger partial charge in [0.15, 0.2) is 17.6 Å². The molecule has 3 aromatic rings. The van der Waals surface area contributed by atoms with Crippen LogP contribution < -0.4 is 15.0 Å². The number of methoxy groups -OCH3 is 1. The Bertz CT molecular complexity index is 1370. The van der Waals surface area contributed by atoms with Crippen LogP contribution >= 0.6 is 47.8 Å². The number of halogens is 3. The molecule has 2 aromatic carbocycles. The third-order valence-corrected chi connectivity index (χ3v) is 8.12. The molecule has 0 saturated heterocycles. The molecule has 0 amide bonds. The summed E-state index contributed by atoms with van der Waals surface area (Å²) in [6.07, 6.45) is 1.49. The Balaban J connectivity index is 2.10. The lowest BCUT2D eigenvalue weighted by atomic mass is 10.1. The molecule has 0 saturated carbocycles. The molecule has 3 rings (SSSR count). The van der Waals surface area contributed by atoms with Crippen molar-refractivity contribution < 1.29 is 19.0 Å². The van der Waals surface area contributed by atoms with Crippen LogP contribution in [0.2, 0.25) is 0 Å². The van der Waals surface area contributed by atoms with Crippen molar-refractivity contribution in [2.45, 2.75) is 46.1 Å². The van der Waals surface area contributed by atoms with Gasteiger partial charge < -0.3 is 14.2 Å². The van der Waals surface area contributed by atoms with Gasteiger partial charge in [0.1, 0.15) is 5.82 Å². The summed E-state index contributed by atoms with van der Waals surface area (Å²) >= 11 is 10.5. The maximum atomic E-state index is 13.4. The van der Waals surface area contributed by atoms with E-state index in [0.717, 1.165) is 10.9 Å². The molecule has 0 spiro atoms. The van der Waals surface area contributed by atoms with Crippen LogP contribution in [0.1, 0.15) is 51.4 Å². The fourth-order valence-corrected chi connectivity index (χ4v) is 4.62. The maximum absolute atomic E-state index is 13.4. The van der Waals surface area contributed by atoms with Gasteiger partial charge in [-0.2, -0.15) is 9.78 Å². The minimum absolute atomic E-state index is 0.00718. The fraction of sp³-hybridized carbons (Fsp3) is 0.360. The first-order valence-corrected chi connectivity index (χ1v) is 13.7. The van der Waals surface area contributed by atoms with Gasteiger partial charge in [0.25, 0.3) is 5.56 Å². The number of carbonyl (C=O) groups is 1. The monoisotopic (exact) mass is 685 g/mol. The zero-order chi connectivity index (χ0) is 26.6. The second-order valence-corrected chi connectivity index (χ2v) is 10.4. The number of benzene rings is 2. The highest BCUT2D eigenvalue weighted by Crippen LogP contribution is 2.43. The molecule has 0 aliphatic heterocycles. The number of carbonyl (C=O) groups excluding carboxylic acids is 1. The SMILES string of the molecule is CCOC(=O)[C@H](C)Oc1c(OC)cc(C=Nn2c([C@H](C)CC)nc3ccc(Br)cc3c2=O)c(Br)c1Br. The molecule has 2 atom stereocenters. The molecule has 8 nitrogen and oxygen atoms in total. The van der Waals surface area contributed by atoms with Gasteiger partial charge in [-0.05, 0) is 76.4 Å². The van der Waals surface area contributed by atoms with Crippen LogP contribution in [-0.4, -0.2) is 41.7 Å². The zero-order valence-electron chi connectivity index (χ0n) is 20.5. The van der Waals surface area contributed by atoms with Crippen molar-refractivity contribution in [1.29, 1.82) is 0 Å². The van der Waals surface area contributed by atoms with Gasteiger partial charge >= 0.3 is 5.97 Å². The van der Waals surface area contributed by atoms with E-state index in [1.807, 2.05) is 26.0 Å². The van der Waals surface area contributed by atoms with Crippen molar-refractivity contribution in [2.75, 3.05) is 13.7 Å². The average Bonchev–Trinajstić information content (AvgIpc) is 2.86. The van der Waals surface area contributed by atoms with Gasteiger partial charge in [0, 0.05) is 20.4 Å². The lowest BCUT2D eigenvalue weighted by Crippen LogP contribution is -2.26. The molecule has 0 bridgehead atoms. The van der Waals surface area contributed by atoms with Crippen LogP contribution in [0.15, 0.2) is 47.6 Å². The largest absolute Gasteiger partial charge is 0.493 e. The Morgan fingerprint density at radius 1 is 1.17 bits per heavy atom. The van der Waals surface area contributed by atoms with Crippen molar-refractivity contribution in [3.05, 3.63) is 59.4 Å². The highest BCUT2D eigenvalue weighted by Gasteiger charge is 2.23. The van der Waals surface area contributed by atoms with E-state index < -0.39 is 12.1 Å². The molecule has 1 aromatic heterocycles. The predicted molar refractivity (Wildman–Crippen MR) is 151 cm³/mol. The van der Waals surface area contributed by atoms with E-state index in [1.165, 1.54) is 11.8 Å². The molecule has 0 aliphatic rings. The van der Waals surface area contributed by atoms with Crippen LogP contribution in [-0.2, 0) is 9.53 Å². The normalized spacial score (nSPS) is 13.1. The Kier molecular flexibility index (Phi) is 9.71. The lowest BCUT2D eigenvalue weighted by Gasteiger charge is -2.19. The molecular formula is C25H26Br3N3O5. The fourth-order valence-electron chi connectivity index (χ4n) is 3.34. The maximum Gasteiger partial charge on any atom is 0.347 e. The van der Waals surface area contributed by atoms with Crippen LogP contribution in [0.25, 0.3) is 10.9 Å². The van der Waals surface area contributed by atoms with E-state index in [4.69, 9.17) is 19.2 Å². The Morgan fingerprint density at radius 3 is 2.53 bits per heavy atom. The van der Waals surface area contributed by atoms with Gasteiger partial charge in [0.05, 0.1) is 35.3 Å². The van der Waals surface area contributed by atoms with E-state index in [1.54, 1.807) is 32.2 Å². The number of esters is 1. The quantitative estimate of drug-likeness (QED) is 0.191. The number of ether oxygens (including phenoxy) is 3. The molecule has 36 heavy (non-hydrogen) atoms. The van der Waals surface area contributed by atoms with Gasteiger partial charge in [-0.15, -0.1) is 0 Å².